The number of hydrogen-bond donors (Lipinski definition) is 1. The van der Waals surface area contributed by atoms with Crippen LogP contribution in [0, 0.1) is 35.0 Å². The molecule has 0 aromatic rings. The van der Waals surface area contributed by atoms with Gasteiger partial charge in [0, 0.05) is 6.04 Å². The maximum atomic E-state index is 6.49. The number of nitrogens with two attached hydrogens (primary N) is 1. The Balaban J connectivity index is 1.62. The zero-order valence-electron chi connectivity index (χ0n) is 11.2. The molecule has 0 aromatic carbocycles. The van der Waals surface area contributed by atoms with Crippen molar-refractivity contribution in [3.8, 4) is 0 Å². The summed E-state index contributed by atoms with van der Waals surface area (Å²) in [7, 11) is 0. The number of rotatable bonds is 3. The molecule has 5 aliphatic rings. The molecule has 1 heteroatoms. The van der Waals surface area contributed by atoms with E-state index in [2.05, 4.69) is 6.92 Å². The van der Waals surface area contributed by atoms with Gasteiger partial charge in [-0.25, -0.2) is 0 Å². The quantitative estimate of drug-likeness (QED) is 0.792. The third kappa shape index (κ3) is 1.41. The lowest BCUT2D eigenvalue weighted by molar-refractivity contribution is -0.0742. The van der Waals surface area contributed by atoms with Crippen LogP contribution in [0.25, 0.3) is 0 Å². The fraction of sp³-hybridized carbons (Fsp3) is 1.00. The first kappa shape index (κ1) is 10.8. The van der Waals surface area contributed by atoms with Gasteiger partial charge in [0.2, 0.25) is 0 Å². The summed E-state index contributed by atoms with van der Waals surface area (Å²) in [6, 6.07) is 0.505. The summed E-state index contributed by atoms with van der Waals surface area (Å²) in [5.74, 6) is 5.41. The van der Waals surface area contributed by atoms with Crippen molar-refractivity contribution >= 4 is 0 Å². The Morgan fingerprint density at radius 2 is 1.53 bits per heavy atom. The summed E-state index contributed by atoms with van der Waals surface area (Å²) < 4.78 is 0. The van der Waals surface area contributed by atoms with Crippen LogP contribution in [0.1, 0.15) is 58.3 Å². The summed E-state index contributed by atoms with van der Waals surface area (Å²) >= 11 is 0. The first-order chi connectivity index (χ1) is 8.23. The first-order valence-electron chi connectivity index (χ1n) is 7.98. The van der Waals surface area contributed by atoms with Gasteiger partial charge < -0.3 is 5.73 Å². The van der Waals surface area contributed by atoms with Crippen LogP contribution in [0.15, 0.2) is 0 Å². The lowest BCUT2D eigenvalue weighted by Crippen LogP contribution is -2.52. The number of hydrogen-bond acceptors (Lipinski definition) is 1. The second-order valence-corrected chi connectivity index (χ2v) is 7.70. The third-order valence-electron chi connectivity index (χ3n) is 6.90. The molecule has 0 aromatic heterocycles. The molecule has 5 aliphatic carbocycles. The summed E-state index contributed by atoms with van der Waals surface area (Å²) in [6.07, 6.45) is 11.9. The van der Waals surface area contributed by atoms with E-state index in [1.165, 1.54) is 19.3 Å². The predicted octanol–water partition coefficient (Wildman–Crippen LogP) is 3.58. The Kier molecular flexibility index (Phi) is 2.23. The van der Waals surface area contributed by atoms with E-state index in [4.69, 9.17) is 5.73 Å². The summed E-state index contributed by atoms with van der Waals surface area (Å²) in [6.45, 7) is 2.29. The van der Waals surface area contributed by atoms with Gasteiger partial charge in [-0.2, -0.15) is 0 Å². The summed E-state index contributed by atoms with van der Waals surface area (Å²) in [4.78, 5) is 0. The van der Waals surface area contributed by atoms with E-state index in [-0.39, 0.29) is 0 Å². The van der Waals surface area contributed by atoms with E-state index in [0.29, 0.717) is 11.5 Å². The van der Waals surface area contributed by atoms with Crippen molar-refractivity contribution in [2.24, 2.45) is 40.7 Å². The van der Waals surface area contributed by atoms with Gasteiger partial charge in [-0.3, -0.25) is 0 Å². The third-order valence-corrected chi connectivity index (χ3v) is 6.90. The van der Waals surface area contributed by atoms with Crippen molar-refractivity contribution in [1.29, 1.82) is 0 Å². The Morgan fingerprint density at radius 3 is 1.94 bits per heavy atom. The Morgan fingerprint density at radius 1 is 1.00 bits per heavy atom. The van der Waals surface area contributed by atoms with Crippen molar-refractivity contribution in [2.45, 2.75) is 64.3 Å². The molecule has 2 N–H and O–H groups in total. The van der Waals surface area contributed by atoms with E-state index in [1.807, 2.05) is 0 Å². The van der Waals surface area contributed by atoms with Crippen molar-refractivity contribution in [1.82, 2.24) is 0 Å². The Labute approximate surface area is 106 Å². The van der Waals surface area contributed by atoms with E-state index in [9.17, 15) is 0 Å². The second-order valence-electron chi connectivity index (χ2n) is 7.70. The molecule has 0 amide bonds. The van der Waals surface area contributed by atoms with Crippen LogP contribution in [0.4, 0.5) is 0 Å². The maximum Gasteiger partial charge on any atom is 0.00958 e. The highest BCUT2D eigenvalue weighted by atomic mass is 14.8. The first-order valence-corrected chi connectivity index (χ1v) is 7.98. The van der Waals surface area contributed by atoms with Crippen LogP contribution in [-0.4, -0.2) is 6.04 Å². The van der Waals surface area contributed by atoms with Gasteiger partial charge in [0.15, 0.2) is 0 Å². The maximum absolute atomic E-state index is 6.49. The van der Waals surface area contributed by atoms with Crippen molar-refractivity contribution in [2.75, 3.05) is 0 Å². The minimum atomic E-state index is 0.505. The molecule has 17 heavy (non-hydrogen) atoms. The highest BCUT2D eigenvalue weighted by Crippen LogP contribution is 2.68. The normalized spacial score (nSPS) is 51.5. The van der Waals surface area contributed by atoms with Crippen molar-refractivity contribution in [3.63, 3.8) is 0 Å². The lowest BCUT2D eigenvalue weighted by atomic mass is 9.48. The molecule has 1 atom stereocenters. The van der Waals surface area contributed by atoms with Gasteiger partial charge in [0.05, 0.1) is 0 Å². The zero-order valence-corrected chi connectivity index (χ0v) is 11.2. The molecule has 0 radical (unpaired) electrons. The summed E-state index contributed by atoms with van der Waals surface area (Å²) in [5.41, 5.74) is 7.10. The van der Waals surface area contributed by atoms with Crippen molar-refractivity contribution < 1.29 is 0 Å². The largest absolute Gasteiger partial charge is 0.327 e. The van der Waals surface area contributed by atoms with Gasteiger partial charge in [-0.1, -0.05) is 6.92 Å². The van der Waals surface area contributed by atoms with Crippen LogP contribution in [0.3, 0.4) is 0 Å². The molecule has 0 spiro atoms. The molecular formula is C16H27N. The molecule has 4 bridgehead atoms. The minimum Gasteiger partial charge on any atom is -0.327 e. The second kappa shape index (κ2) is 3.50. The van der Waals surface area contributed by atoms with E-state index in [1.54, 1.807) is 32.1 Å². The van der Waals surface area contributed by atoms with Gasteiger partial charge in [0.1, 0.15) is 0 Å². The van der Waals surface area contributed by atoms with Crippen LogP contribution in [-0.2, 0) is 0 Å². The average Bonchev–Trinajstić information content (AvgIpc) is 3.08. The molecule has 5 rings (SSSR count). The van der Waals surface area contributed by atoms with Gasteiger partial charge in [-0.05, 0) is 86.4 Å². The Hall–Kier alpha value is -0.0400. The molecule has 96 valence electrons. The van der Waals surface area contributed by atoms with Gasteiger partial charge in [0.25, 0.3) is 0 Å². The zero-order chi connectivity index (χ0) is 11.6. The lowest BCUT2D eigenvalue weighted by Gasteiger charge is -2.57. The van der Waals surface area contributed by atoms with E-state index < -0.39 is 0 Å². The molecule has 1 unspecified atom stereocenters. The topological polar surface area (TPSA) is 26.0 Å². The van der Waals surface area contributed by atoms with E-state index >= 15 is 0 Å². The van der Waals surface area contributed by atoms with Gasteiger partial charge in [-0.15, -0.1) is 0 Å². The molecule has 5 fully saturated rings. The van der Waals surface area contributed by atoms with Crippen molar-refractivity contribution in [3.05, 3.63) is 0 Å². The van der Waals surface area contributed by atoms with Crippen LogP contribution >= 0.6 is 0 Å². The molecular weight excluding hydrogens is 206 g/mol. The fourth-order valence-corrected chi connectivity index (χ4v) is 6.37. The molecule has 1 nitrogen and oxygen atoms in total. The smallest absolute Gasteiger partial charge is 0.00958 e. The molecule has 0 saturated heterocycles. The SMILES string of the molecule is CCC(N)C1(C2C3CC4CC(C3)CC2C4)CC1. The molecule has 0 aliphatic heterocycles. The van der Waals surface area contributed by atoms with Crippen LogP contribution in [0.2, 0.25) is 0 Å². The molecule has 0 heterocycles. The average molecular weight is 233 g/mol. The van der Waals surface area contributed by atoms with Crippen LogP contribution in [0.5, 0.6) is 0 Å². The Bertz CT molecular complexity index is 289. The van der Waals surface area contributed by atoms with Crippen LogP contribution < -0.4 is 5.73 Å². The van der Waals surface area contributed by atoms with Gasteiger partial charge >= 0.3 is 0 Å². The monoisotopic (exact) mass is 233 g/mol. The predicted molar refractivity (Wildman–Crippen MR) is 70.5 cm³/mol. The standard InChI is InChI=1S/C16H27N/c1-2-14(17)16(3-4-16)15-12-6-10-5-11(8-12)9-13(15)7-10/h10-15H,2-9,17H2,1H3. The highest BCUT2D eigenvalue weighted by Gasteiger charge is 2.61. The minimum absolute atomic E-state index is 0.505. The van der Waals surface area contributed by atoms with E-state index in [0.717, 1.165) is 29.6 Å². The summed E-state index contributed by atoms with van der Waals surface area (Å²) in [5, 5.41) is 0. The fourth-order valence-electron chi connectivity index (χ4n) is 6.37. The molecule has 5 saturated carbocycles. The highest BCUT2D eigenvalue weighted by molar-refractivity contribution is 5.12.